The molecular formula is C18H37KN2O4. The van der Waals surface area contributed by atoms with E-state index in [0.29, 0.717) is 13.0 Å². The Morgan fingerprint density at radius 3 is 1.88 bits per heavy atom. The standard InChI is InChI=1S/C18H36N2O4.K.H/c1-3-4-5-6-7-8-9-10-11-12-17(22)19(2)13-14-20(15-16-21)18(23)24;;/h21H,3-16H2,1-2H3,(H,23,24);;/q;+1;-1. The fraction of sp³-hybridized carbons (Fsp3) is 0.889. The number of aliphatic hydroxyl groups excluding tert-OH is 1. The Morgan fingerprint density at radius 1 is 0.880 bits per heavy atom. The molecule has 0 saturated carbocycles. The van der Waals surface area contributed by atoms with E-state index in [2.05, 4.69) is 6.92 Å². The second-order valence-corrected chi connectivity index (χ2v) is 6.39. The Labute approximate surface area is 197 Å². The molecule has 0 heterocycles. The van der Waals surface area contributed by atoms with Crippen LogP contribution < -0.4 is 51.4 Å². The zero-order chi connectivity index (χ0) is 18.2. The monoisotopic (exact) mass is 384 g/mol. The zero-order valence-corrected chi connectivity index (χ0v) is 19.6. The van der Waals surface area contributed by atoms with E-state index in [1.165, 1.54) is 44.9 Å². The molecule has 0 aromatic rings. The number of hydrogen-bond acceptors (Lipinski definition) is 3. The van der Waals surface area contributed by atoms with Gasteiger partial charge in [0.05, 0.1) is 6.61 Å². The maximum Gasteiger partial charge on any atom is 1.00 e. The van der Waals surface area contributed by atoms with Gasteiger partial charge in [0.1, 0.15) is 0 Å². The van der Waals surface area contributed by atoms with Crippen LogP contribution in [0.15, 0.2) is 0 Å². The summed E-state index contributed by atoms with van der Waals surface area (Å²) in [7, 11) is 1.70. The van der Waals surface area contributed by atoms with E-state index in [4.69, 9.17) is 10.2 Å². The van der Waals surface area contributed by atoms with Gasteiger partial charge >= 0.3 is 57.5 Å². The molecule has 144 valence electrons. The molecule has 0 aromatic heterocycles. The van der Waals surface area contributed by atoms with Gasteiger partial charge in [-0.3, -0.25) is 4.79 Å². The van der Waals surface area contributed by atoms with Crippen LogP contribution in [0.2, 0.25) is 0 Å². The average molecular weight is 385 g/mol. The molecular weight excluding hydrogens is 347 g/mol. The van der Waals surface area contributed by atoms with E-state index >= 15 is 0 Å². The van der Waals surface area contributed by atoms with Gasteiger partial charge in [-0.2, -0.15) is 0 Å². The van der Waals surface area contributed by atoms with Crippen molar-refractivity contribution in [2.45, 2.75) is 71.1 Å². The topological polar surface area (TPSA) is 81.1 Å². The molecule has 0 spiro atoms. The van der Waals surface area contributed by atoms with Crippen LogP contribution >= 0.6 is 0 Å². The minimum absolute atomic E-state index is 0. The molecule has 0 aliphatic rings. The quantitative estimate of drug-likeness (QED) is 0.317. The number of amides is 2. The fourth-order valence-electron chi connectivity index (χ4n) is 2.60. The molecule has 0 saturated heterocycles. The Hall–Kier alpha value is 0.336. The molecule has 6 nitrogen and oxygen atoms in total. The smallest absolute Gasteiger partial charge is 1.00 e. The van der Waals surface area contributed by atoms with E-state index in [1.807, 2.05) is 0 Å². The summed E-state index contributed by atoms with van der Waals surface area (Å²) in [4.78, 5) is 25.6. The number of carboxylic acid groups (broad SMARTS) is 1. The number of carbonyl (C=O) groups excluding carboxylic acids is 1. The number of unbranched alkanes of at least 4 members (excludes halogenated alkanes) is 8. The third-order valence-corrected chi connectivity index (χ3v) is 4.27. The summed E-state index contributed by atoms with van der Waals surface area (Å²) in [6, 6.07) is 0. The first-order valence-corrected chi connectivity index (χ1v) is 9.35. The van der Waals surface area contributed by atoms with E-state index in [0.717, 1.165) is 17.7 Å². The Kier molecular flexibility index (Phi) is 21.1. The molecule has 0 aliphatic carbocycles. The molecule has 0 rings (SSSR count). The first kappa shape index (κ1) is 27.6. The molecule has 2 amide bonds. The van der Waals surface area contributed by atoms with Crippen molar-refractivity contribution in [1.82, 2.24) is 9.80 Å². The summed E-state index contributed by atoms with van der Waals surface area (Å²) in [6.45, 7) is 2.69. The second kappa shape index (κ2) is 19.1. The SMILES string of the molecule is CCCCCCCCCCCC(=O)N(C)CCN(CCO)C(=O)O.[H-].[K+]. The van der Waals surface area contributed by atoms with Crippen LogP contribution in [0.1, 0.15) is 72.6 Å². The van der Waals surface area contributed by atoms with Crippen molar-refractivity contribution in [3.63, 3.8) is 0 Å². The molecule has 0 bridgehead atoms. The molecule has 0 unspecified atom stereocenters. The van der Waals surface area contributed by atoms with Crippen LogP contribution in [0.4, 0.5) is 4.79 Å². The zero-order valence-electron chi connectivity index (χ0n) is 17.5. The van der Waals surface area contributed by atoms with Crippen molar-refractivity contribution in [2.75, 3.05) is 33.3 Å². The number of carbonyl (C=O) groups is 2. The van der Waals surface area contributed by atoms with Gasteiger partial charge in [-0.1, -0.05) is 58.3 Å². The van der Waals surface area contributed by atoms with Crippen LogP contribution in [0.5, 0.6) is 0 Å². The van der Waals surface area contributed by atoms with Crippen LogP contribution in [0.3, 0.4) is 0 Å². The molecule has 2 N–H and O–H groups in total. The van der Waals surface area contributed by atoms with Gasteiger partial charge in [0.15, 0.2) is 0 Å². The predicted octanol–water partition coefficient (Wildman–Crippen LogP) is 0.455. The van der Waals surface area contributed by atoms with Gasteiger partial charge in [0.25, 0.3) is 0 Å². The summed E-state index contributed by atoms with van der Waals surface area (Å²) in [5.41, 5.74) is 0. The molecule has 0 fully saturated rings. The number of aliphatic hydroxyl groups is 1. The predicted molar refractivity (Wildman–Crippen MR) is 97.3 cm³/mol. The first-order valence-electron chi connectivity index (χ1n) is 9.35. The molecule has 0 aliphatic heterocycles. The summed E-state index contributed by atoms with van der Waals surface area (Å²) >= 11 is 0. The van der Waals surface area contributed by atoms with Crippen molar-refractivity contribution in [2.24, 2.45) is 0 Å². The van der Waals surface area contributed by atoms with E-state index < -0.39 is 6.09 Å². The summed E-state index contributed by atoms with van der Waals surface area (Å²) in [5.74, 6) is 0.0623. The maximum atomic E-state index is 12.0. The number of likely N-dealkylation sites (N-methyl/N-ethyl adjacent to an activating group) is 1. The van der Waals surface area contributed by atoms with E-state index in [1.54, 1.807) is 11.9 Å². The van der Waals surface area contributed by atoms with Gasteiger partial charge < -0.3 is 21.4 Å². The van der Waals surface area contributed by atoms with Crippen molar-refractivity contribution in [1.29, 1.82) is 0 Å². The maximum absolute atomic E-state index is 12.0. The minimum Gasteiger partial charge on any atom is -1.00 e. The molecule has 25 heavy (non-hydrogen) atoms. The fourth-order valence-corrected chi connectivity index (χ4v) is 2.60. The van der Waals surface area contributed by atoms with Gasteiger partial charge in [0, 0.05) is 33.1 Å². The Morgan fingerprint density at radius 2 is 1.40 bits per heavy atom. The first-order chi connectivity index (χ1) is 11.5. The average Bonchev–Trinajstić information content (AvgIpc) is 2.56. The molecule has 0 radical (unpaired) electrons. The number of nitrogens with zero attached hydrogens (tertiary/aromatic N) is 2. The largest absolute Gasteiger partial charge is 1.00 e. The third-order valence-electron chi connectivity index (χ3n) is 4.27. The van der Waals surface area contributed by atoms with Gasteiger partial charge in [-0.05, 0) is 6.42 Å². The van der Waals surface area contributed by atoms with Crippen molar-refractivity contribution >= 4 is 12.0 Å². The van der Waals surface area contributed by atoms with Crippen LogP contribution in [-0.4, -0.2) is 65.3 Å². The van der Waals surface area contributed by atoms with Gasteiger partial charge in [-0.25, -0.2) is 4.79 Å². The Bertz CT molecular complexity index is 349. The number of hydrogen-bond donors (Lipinski definition) is 2. The number of rotatable bonds is 15. The van der Waals surface area contributed by atoms with Crippen molar-refractivity contribution < 1.29 is 72.6 Å². The molecule has 0 aromatic carbocycles. The van der Waals surface area contributed by atoms with Gasteiger partial charge in [-0.15, -0.1) is 0 Å². The molecule has 7 heteroatoms. The van der Waals surface area contributed by atoms with Crippen molar-refractivity contribution in [3.8, 4) is 0 Å². The second-order valence-electron chi connectivity index (χ2n) is 6.39. The Balaban J connectivity index is -0.00000264. The summed E-state index contributed by atoms with van der Waals surface area (Å²) in [5, 5.41) is 17.8. The normalized spacial score (nSPS) is 10.2. The van der Waals surface area contributed by atoms with Crippen LogP contribution in [0, 0.1) is 0 Å². The molecule has 0 atom stereocenters. The minimum atomic E-state index is -1.07. The summed E-state index contributed by atoms with van der Waals surface area (Å²) in [6.07, 6.45) is 10.4. The van der Waals surface area contributed by atoms with Crippen LogP contribution in [-0.2, 0) is 4.79 Å². The van der Waals surface area contributed by atoms with Crippen LogP contribution in [0.25, 0.3) is 0 Å². The third kappa shape index (κ3) is 16.2. The van der Waals surface area contributed by atoms with Gasteiger partial charge in [0.2, 0.25) is 5.91 Å². The summed E-state index contributed by atoms with van der Waals surface area (Å²) < 4.78 is 0. The van der Waals surface area contributed by atoms with E-state index in [9.17, 15) is 9.59 Å². The van der Waals surface area contributed by atoms with E-state index in [-0.39, 0.29) is 78.4 Å². The van der Waals surface area contributed by atoms with Crippen molar-refractivity contribution in [3.05, 3.63) is 0 Å².